The Bertz CT molecular complexity index is 429. The van der Waals surface area contributed by atoms with Gasteiger partial charge in [-0.15, -0.1) is 0 Å². The lowest BCUT2D eigenvalue weighted by Crippen LogP contribution is -2.40. The molecule has 0 bridgehead atoms. The topological polar surface area (TPSA) is 58.4 Å². The number of carbonyl (C=O) groups excluding carboxylic acids is 1. The lowest BCUT2D eigenvalue weighted by Gasteiger charge is -2.27. The van der Waals surface area contributed by atoms with Crippen molar-refractivity contribution in [3.05, 3.63) is 29.3 Å². The van der Waals surface area contributed by atoms with E-state index in [0.717, 1.165) is 23.4 Å². The molecule has 0 saturated carbocycles. The van der Waals surface area contributed by atoms with Crippen LogP contribution in [0.4, 0.5) is 5.69 Å². The number of nitrogens with two attached hydrogens (primary N) is 1. The normalized spacial score (nSPS) is 10.6. The Labute approximate surface area is 116 Å². The summed E-state index contributed by atoms with van der Waals surface area (Å²) in [7, 11) is 0. The van der Waals surface area contributed by atoms with Crippen LogP contribution in [0.2, 0.25) is 0 Å². The number of likely N-dealkylation sites (N-methyl/N-ethyl adjacent to an activating group) is 1. The summed E-state index contributed by atoms with van der Waals surface area (Å²) in [6.45, 7) is 9.67. The fourth-order valence-electron chi connectivity index (χ4n) is 2.23. The van der Waals surface area contributed by atoms with Gasteiger partial charge in [-0.1, -0.05) is 18.2 Å². The predicted molar refractivity (Wildman–Crippen MR) is 80.2 cm³/mol. The van der Waals surface area contributed by atoms with E-state index in [2.05, 4.69) is 30.1 Å². The highest BCUT2D eigenvalue weighted by Gasteiger charge is 2.15. The van der Waals surface area contributed by atoms with E-state index < -0.39 is 0 Å². The van der Waals surface area contributed by atoms with Crippen molar-refractivity contribution in [1.29, 1.82) is 0 Å². The molecule has 1 amide bonds. The lowest BCUT2D eigenvalue weighted by atomic mass is 10.1. The minimum atomic E-state index is 0.0445. The number of para-hydroxylation sites is 1. The van der Waals surface area contributed by atoms with Crippen LogP contribution in [0.15, 0.2) is 18.2 Å². The second kappa shape index (κ2) is 7.14. The first-order valence-electron chi connectivity index (χ1n) is 6.82. The van der Waals surface area contributed by atoms with Gasteiger partial charge < -0.3 is 16.0 Å². The lowest BCUT2D eigenvalue weighted by molar-refractivity contribution is -0.120. The maximum Gasteiger partial charge on any atom is 0.239 e. The molecule has 19 heavy (non-hydrogen) atoms. The fourth-order valence-corrected chi connectivity index (χ4v) is 2.23. The van der Waals surface area contributed by atoms with E-state index in [9.17, 15) is 4.79 Å². The van der Waals surface area contributed by atoms with Crippen molar-refractivity contribution >= 4 is 11.6 Å². The third-order valence-corrected chi connectivity index (χ3v) is 3.02. The predicted octanol–water partition coefficient (Wildman–Crippen LogP) is 1.80. The van der Waals surface area contributed by atoms with Crippen molar-refractivity contribution in [2.24, 2.45) is 5.73 Å². The van der Waals surface area contributed by atoms with Gasteiger partial charge in [-0.3, -0.25) is 4.79 Å². The Morgan fingerprint density at radius 2 is 2.11 bits per heavy atom. The number of hydrogen-bond acceptors (Lipinski definition) is 3. The molecule has 0 aliphatic heterocycles. The van der Waals surface area contributed by atoms with E-state index in [-0.39, 0.29) is 11.9 Å². The average Bonchev–Trinajstić information content (AvgIpc) is 2.35. The van der Waals surface area contributed by atoms with E-state index in [1.165, 1.54) is 0 Å². The number of hydrogen-bond donors (Lipinski definition) is 2. The highest BCUT2D eigenvalue weighted by atomic mass is 16.2. The average molecular weight is 263 g/mol. The highest BCUT2D eigenvalue weighted by molar-refractivity contribution is 5.82. The molecule has 0 spiro atoms. The van der Waals surface area contributed by atoms with Gasteiger partial charge in [-0.2, -0.15) is 0 Å². The van der Waals surface area contributed by atoms with E-state index >= 15 is 0 Å². The van der Waals surface area contributed by atoms with Gasteiger partial charge in [0.05, 0.1) is 6.54 Å². The molecule has 1 rings (SSSR count). The zero-order valence-electron chi connectivity index (χ0n) is 12.4. The third kappa shape index (κ3) is 4.24. The number of benzene rings is 1. The Balaban J connectivity index is 2.94. The summed E-state index contributed by atoms with van der Waals surface area (Å²) in [5.41, 5.74) is 9.12. The maximum atomic E-state index is 11.9. The number of carbonyl (C=O) groups is 1. The summed E-state index contributed by atoms with van der Waals surface area (Å²) in [6, 6.07) is 6.24. The van der Waals surface area contributed by atoms with Gasteiger partial charge >= 0.3 is 0 Å². The molecule has 0 atom stereocenters. The molecule has 3 N–H and O–H groups in total. The number of nitrogens with one attached hydrogen (secondary N) is 1. The Kier molecular flexibility index (Phi) is 5.83. The van der Waals surface area contributed by atoms with Gasteiger partial charge in [0.1, 0.15) is 0 Å². The Morgan fingerprint density at radius 1 is 1.42 bits per heavy atom. The minimum Gasteiger partial charge on any atom is -0.362 e. The van der Waals surface area contributed by atoms with Crippen molar-refractivity contribution in [2.45, 2.75) is 40.3 Å². The number of nitrogens with zero attached hydrogens (tertiary/aromatic N) is 1. The highest BCUT2D eigenvalue weighted by Crippen LogP contribution is 2.24. The molecule has 0 aliphatic carbocycles. The van der Waals surface area contributed by atoms with Crippen LogP contribution in [0.1, 0.15) is 31.9 Å². The van der Waals surface area contributed by atoms with Crippen molar-refractivity contribution in [2.75, 3.05) is 18.0 Å². The fraction of sp³-hybridized carbons (Fsp3) is 0.533. The SMILES string of the molecule is CCN(CC(=O)NC(C)C)c1c(C)cccc1CN. The van der Waals surface area contributed by atoms with Crippen molar-refractivity contribution in [3.63, 3.8) is 0 Å². The van der Waals surface area contributed by atoms with Crippen LogP contribution in [0, 0.1) is 6.92 Å². The molecule has 0 fully saturated rings. The molecule has 1 aromatic carbocycles. The molecular weight excluding hydrogens is 238 g/mol. The molecule has 0 heterocycles. The first kappa shape index (κ1) is 15.5. The van der Waals surface area contributed by atoms with Gasteiger partial charge in [-0.05, 0) is 38.8 Å². The number of rotatable bonds is 6. The quantitative estimate of drug-likeness (QED) is 0.823. The molecule has 4 heteroatoms. The van der Waals surface area contributed by atoms with Crippen LogP contribution in [0.5, 0.6) is 0 Å². The summed E-state index contributed by atoms with van der Waals surface area (Å²) < 4.78 is 0. The molecule has 1 aromatic rings. The number of amides is 1. The van der Waals surface area contributed by atoms with E-state index in [1.807, 2.05) is 26.0 Å². The summed E-state index contributed by atoms with van der Waals surface area (Å²) in [4.78, 5) is 14.0. The molecule has 0 aliphatic rings. The molecule has 0 saturated heterocycles. The summed E-state index contributed by atoms with van der Waals surface area (Å²) in [6.07, 6.45) is 0. The van der Waals surface area contributed by atoms with Crippen molar-refractivity contribution in [1.82, 2.24) is 5.32 Å². The van der Waals surface area contributed by atoms with Crippen LogP contribution in [0.25, 0.3) is 0 Å². The van der Waals surface area contributed by atoms with E-state index in [1.54, 1.807) is 0 Å². The first-order valence-corrected chi connectivity index (χ1v) is 6.82. The monoisotopic (exact) mass is 263 g/mol. The third-order valence-electron chi connectivity index (χ3n) is 3.02. The molecule has 0 unspecified atom stereocenters. The molecule has 4 nitrogen and oxygen atoms in total. The summed E-state index contributed by atoms with van der Waals surface area (Å²) in [5, 5.41) is 2.92. The smallest absolute Gasteiger partial charge is 0.239 e. The van der Waals surface area contributed by atoms with Crippen LogP contribution >= 0.6 is 0 Å². The largest absolute Gasteiger partial charge is 0.362 e. The molecule has 0 radical (unpaired) electrons. The van der Waals surface area contributed by atoms with Crippen molar-refractivity contribution in [3.8, 4) is 0 Å². The zero-order valence-corrected chi connectivity index (χ0v) is 12.4. The Morgan fingerprint density at radius 3 is 2.63 bits per heavy atom. The number of anilines is 1. The molecule has 106 valence electrons. The van der Waals surface area contributed by atoms with E-state index in [4.69, 9.17) is 5.73 Å². The first-order chi connectivity index (χ1) is 8.99. The molecule has 0 aromatic heterocycles. The van der Waals surface area contributed by atoms with Crippen LogP contribution in [-0.2, 0) is 11.3 Å². The van der Waals surface area contributed by atoms with Gasteiger partial charge in [0.15, 0.2) is 0 Å². The second-order valence-electron chi connectivity index (χ2n) is 5.02. The van der Waals surface area contributed by atoms with Gasteiger partial charge in [-0.25, -0.2) is 0 Å². The van der Waals surface area contributed by atoms with Crippen molar-refractivity contribution < 1.29 is 4.79 Å². The van der Waals surface area contributed by atoms with Crippen LogP contribution < -0.4 is 16.0 Å². The standard InChI is InChI=1S/C15H25N3O/c1-5-18(10-14(19)17-11(2)3)15-12(4)7-6-8-13(15)9-16/h6-8,11H,5,9-10,16H2,1-4H3,(H,17,19). The van der Waals surface area contributed by atoms with Gasteiger partial charge in [0, 0.05) is 24.8 Å². The Hall–Kier alpha value is -1.55. The zero-order chi connectivity index (χ0) is 14.4. The van der Waals surface area contributed by atoms with Crippen LogP contribution in [0.3, 0.4) is 0 Å². The minimum absolute atomic E-state index is 0.0445. The van der Waals surface area contributed by atoms with E-state index in [0.29, 0.717) is 13.1 Å². The molecular formula is C15H25N3O. The summed E-state index contributed by atoms with van der Waals surface area (Å²) >= 11 is 0. The maximum absolute atomic E-state index is 11.9. The second-order valence-corrected chi connectivity index (χ2v) is 5.02. The van der Waals surface area contributed by atoms with Gasteiger partial charge in [0.2, 0.25) is 5.91 Å². The van der Waals surface area contributed by atoms with Crippen LogP contribution in [-0.4, -0.2) is 25.0 Å². The summed E-state index contributed by atoms with van der Waals surface area (Å²) in [5.74, 6) is 0.0445. The van der Waals surface area contributed by atoms with Gasteiger partial charge in [0.25, 0.3) is 0 Å². The number of aryl methyl sites for hydroxylation is 1.